The Hall–Kier alpha value is -1.74. The van der Waals surface area contributed by atoms with Gasteiger partial charge < -0.3 is 9.30 Å². The maximum absolute atomic E-state index is 13.2. The molecule has 0 bridgehead atoms. The van der Waals surface area contributed by atoms with Crippen molar-refractivity contribution >= 4 is 10.2 Å². The average Bonchev–Trinajstić information content (AvgIpc) is 3.11. The van der Waals surface area contributed by atoms with Crippen LogP contribution in [0.3, 0.4) is 0 Å². The summed E-state index contributed by atoms with van der Waals surface area (Å²) in [5, 5.41) is 0. The van der Waals surface area contributed by atoms with Gasteiger partial charge in [0.2, 0.25) is 0 Å². The molecule has 4 heterocycles. The lowest BCUT2D eigenvalue weighted by atomic mass is 10.0. The number of nitrogens with zero attached hydrogens (tertiary/aromatic N) is 4. The van der Waals surface area contributed by atoms with Crippen molar-refractivity contribution in [3.05, 3.63) is 54.1 Å². The molecule has 1 saturated heterocycles. The quantitative estimate of drug-likeness (QED) is 0.825. The van der Waals surface area contributed by atoms with E-state index in [0.717, 1.165) is 11.3 Å². The van der Waals surface area contributed by atoms with Crippen LogP contribution in [0.4, 0.5) is 0 Å². The van der Waals surface area contributed by atoms with Crippen LogP contribution in [0.2, 0.25) is 0 Å². The first kappa shape index (κ1) is 15.8. The van der Waals surface area contributed by atoms with Crippen LogP contribution in [0.15, 0.2) is 42.9 Å². The number of hydrogen-bond donors (Lipinski definition) is 0. The van der Waals surface area contributed by atoms with Gasteiger partial charge in [0.15, 0.2) is 0 Å². The van der Waals surface area contributed by atoms with Gasteiger partial charge in [-0.2, -0.15) is 17.0 Å². The minimum atomic E-state index is -3.56. The first-order valence-electron chi connectivity index (χ1n) is 8.07. The maximum Gasteiger partial charge on any atom is 0.283 e. The van der Waals surface area contributed by atoms with Crippen molar-refractivity contribution in [3.63, 3.8) is 0 Å². The predicted molar refractivity (Wildman–Crippen MR) is 88.5 cm³/mol. The van der Waals surface area contributed by atoms with E-state index in [-0.39, 0.29) is 6.04 Å². The van der Waals surface area contributed by atoms with Crippen molar-refractivity contribution in [2.45, 2.75) is 12.6 Å². The Morgan fingerprint density at radius 3 is 2.67 bits per heavy atom. The number of rotatable bonds is 3. The van der Waals surface area contributed by atoms with Gasteiger partial charge in [0.1, 0.15) is 0 Å². The molecule has 0 aliphatic carbocycles. The zero-order chi connectivity index (χ0) is 16.6. The Morgan fingerprint density at radius 1 is 1.08 bits per heavy atom. The SMILES string of the molecule is O=S(=O)(N1CCOCC1)N1CCn2cccc2C1c1cccnc1. The van der Waals surface area contributed by atoms with Crippen LogP contribution >= 0.6 is 0 Å². The molecule has 0 spiro atoms. The van der Waals surface area contributed by atoms with Gasteiger partial charge in [0, 0.05) is 50.5 Å². The van der Waals surface area contributed by atoms with E-state index in [1.165, 1.54) is 4.31 Å². The Morgan fingerprint density at radius 2 is 1.92 bits per heavy atom. The molecule has 2 aromatic rings. The zero-order valence-electron chi connectivity index (χ0n) is 13.3. The molecule has 2 aliphatic heterocycles. The highest BCUT2D eigenvalue weighted by Gasteiger charge is 2.40. The van der Waals surface area contributed by atoms with Crippen LogP contribution in [0.5, 0.6) is 0 Å². The Balaban J connectivity index is 1.76. The molecule has 0 radical (unpaired) electrons. The molecule has 7 nitrogen and oxygen atoms in total. The molecule has 4 rings (SSSR count). The van der Waals surface area contributed by atoms with Crippen LogP contribution in [0.25, 0.3) is 0 Å². The van der Waals surface area contributed by atoms with Crippen LogP contribution in [0.1, 0.15) is 17.3 Å². The van der Waals surface area contributed by atoms with E-state index in [9.17, 15) is 8.42 Å². The Bertz CT molecular complexity index is 800. The molecular weight excluding hydrogens is 328 g/mol. The normalized spacial score (nSPS) is 23.1. The standard InChI is InChI=1S/C16H20N4O3S/c21-24(22,19-9-11-23-12-10-19)20-8-7-18-6-2-4-15(18)16(20)14-3-1-5-17-13-14/h1-6,13,16H,7-12H2. The zero-order valence-corrected chi connectivity index (χ0v) is 14.1. The summed E-state index contributed by atoms with van der Waals surface area (Å²) in [4.78, 5) is 4.18. The lowest BCUT2D eigenvalue weighted by molar-refractivity contribution is 0.0689. The Kier molecular flexibility index (Phi) is 4.13. The smallest absolute Gasteiger partial charge is 0.283 e. The van der Waals surface area contributed by atoms with E-state index in [1.54, 1.807) is 16.7 Å². The predicted octanol–water partition coefficient (Wildman–Crippen LogP) is 0.865. The summed E-state index contributed by atoms with van der Waals surface area (Å²) in [5.74, 6) is 0. The minimum Gasteiger partial charge on any atom is -0.379 e. The number of morpholine rings is 1. The fourth-order valence-corrected chi connectivity index (χ4v) is 5.13. The van der Waals surface area contributed by atoms with E-state index >= 15 is 0 Å². The monoisotopic (exact) mass is 348 g/mol. The van der Waals surface area contributed by atoms with Gasteiger partial charge in [0.25, 0.3) is 10.2 Å². The molecular formula is C16H20N4O3S. The summed E-state index contributed by atoms with van der Waals surface area (Å²) in [6.45, 7) is 2.80. The highest BCUT2D eigenvalue weighted by atomic mass is 32.2. The third-order valence-electron chi connectivity index (χ3n) is 4.59. The molecule has 128 valence electrons. The first-order chi connectivity index (χ1) is 11.7. The Labute approximate surface area is 141 Å². The van der Waals surface area contributed by atoms with Gasteiger partial charge in [-0.05, 0) is 23.8 Å². The lowest BCUT2D eigenvalue weighted by Crippen LogP contribution is -2.52. The van der Waals surface area contributed by atoms with E-state index in [2.05, 4.69) is 9.55 Å². The van der Waals surface area contributed by atoms with Gasteiger partial charge in [-0.1, -0.05) is 6.07 Å². The molecule has 1 atom stereocenters. The summed E-state index contributed by atoms with van der Waals surface area (Å²) in [6.07, 6.45) is 5.44. The molecule has 0 amide bonds. The maximum atomic E-state index is 13.2. The second kappa shape index (κ2) is 6.29. The highest BCUT2D eigenvalue weighted by molar-refractivity contribution is 7.86. The third kappa shape index (κ3) is 2.65. The van der Waals surface area contributed by atoms with Crippen molar-refractivity contribution < 1.29 is 13.2 Å². The van der Waals surface area contributed by atoms with Gasteiger partial charge in [-0.15, -0.1) is 0 Å². The van der Waals surface area contributed by atoms with Crippen LogP contribution in [0, 0.1) is 0 Å². The molecule has 0 saturated carbocycles. The van der Waals surface area contributed by atoms with Crippen molar-refractivity contribution in [3.8, 4) is 0 Å². The summed E-state index contributed by atoms with van der Waals surface area (Å²) >= 11 is 0. The summed E-state index contributed by atoms with van der Waals surface area (Å²) in [6, 6.07) is 7.37. The fraction of sp³-hybridized carbons (Fsp3) is 0.438. The second-order valence-corrected chi connectivity index (χ2v) is 7.83. The van der Waals surface area contributed by atoms with Gasteiger partial charge in [0.05, 0.1) is 19.3 Å². The highest BCUT2D eigenvalue weighted by Crippen LogP contribution is 2.35. The molecule has 24 heavy (non-hydrogen) atoms. The molecule has 1 fully saturated rings. The van der Waals surface area contributed by atoms with Crippen molar-refractivity contribution in [2.75, 3.05) is 32.8 Å². The minimum absolute atomic E-state index is 0.352. The van der Waals surface area contributed by atoms with Crippen molar-refractivity contribution in [1.82, 2.24) is 18.2 Å². The molecule has 2 aromatic heterocycles. The van der Waals surface area contributed by atoms with Gasteiger partial charge in [-0.3, -0.25) is 4.98 Å². The third-order valence-corrected chi connectivity index (χ3v) is 6.59. The number of pyridine rings is 1. The van der Waals surface area contributed by atoms with Crippen molar-refractivity contribution in [1.29, 1.82) is 0 Å². The van der Waals surface area contributed by atoms with Crippen LogP contribution in [-0.4, -0.2) is 59.4 Å². The first-order valence-corrected chi connectivity index (χ1v) is 9.47. The van der Waals surface area contributed by atoms with Crippen molar-refractivity contribution in [2.24, 2.45) is 0 Å². The van der Waals surface area contributed by atoms with Gasteiger partial charge >= 0.3 is 0 Å². The molecule has 8 heteroatoms. The largest absolute Gasteiger partial charge is 0.379 e. The fourth-order valence-electron chi connectivity index (χ4n) is 3.41. The van der Waals surface area contributed by atoms with E-state index in [0.29, 0.717) is 39.4 Å². The van der Waals surface area contributed by atoms with E-state index < -0.39 is 10.2 Å². The number of fused-ring (bicyclic) bond motifs is 1. The number of hydrogen-bond acceptors (Lipinski definition) is 4. The number of ether oxygens (including phenoxy) is 1. The second-order valence-electron chi connectivity index (χ2n) is 5.95. The topological polar surface area (TPSA) is 67.7 Å². The lowest BCUT2D eigenvalue weighted by Gasteiger charge is -2.39. The molecule has 0 aromatic carbocycles. The average molecular weight is 348 g/mol. The van der Waals surface area contributed by atoms with Crippen LogP contribution < -0.4 is 0 Å². The number of aromatic nitrogens is 2. The summed E-state index contributed by atoms with van der Waals surface area (Å²) in [7, 11) is -3.56. The molecule has 1 unspecified atom stereocenters. The van der Waals surface area contributed by atoms with E-state index in [4.69, 9.17) is 4.74 Å². The van der Waals surface area contributed by atoms with Crippen LogP contribution in [-0.2, 0) is 21.5 Å². The van der Waals surface area contributed by atoms with Gasteiger partial charge in [-0.25, -0.2) is 0 Å². The molecule has 0 N–H and O–H groups in total. The summed E-state index contributed by atoms with van der Waals surface area (Å²) < 4.78 is 37.0. The van der Waals surface area contributed by atoms with E-state index in [1.807, 2.05) is 30.5 Å². The summed E-state index contributed by atoms with van der Waals surface area (Å²) in [5.41, 5.74) is 1.86. The molecule has 2 aliphatic rings.